The lowest BCUT2D eigenvalue weighted by Gasteiger charge is -2.31. The lowest BCUT2D eigenvalue weighted by molar-refractivity contribution is -0.384. The van der Waals surface area contributed by atoms with Crippen LogP contribution in [0.4, 0.5) is 11.4 Å². The first-order valence-corrected chi connectivity index (χ1v) is 10.8. The summed E-state index contributed by atoms with van der Waals surface area (Å²) in [6.45, 7) is 4.91. The van der Waals surface area contributed by atoms with Gasteiger partial charge in [0.2, 0.25) is 0 Å². The number of morpholine rings is 1. The molecule has 0 radical (unpaired) electrons. The number of carbonyl (C=O) groups excluding carboxylic acids is 1. The quantitative estimate of drug-likeness (QED) is 0.543. The van der Waals surface area contributed by atoms with Crippen molar-refractivity contribution in [3.8, 4) is 0 Å². The maximum Gasteiger partial charge on any atom is 0.270 e. The second-order valence-electron chi connectivity index (χ2n) is 7.94. The molecule has 8 nitrogen and oxygen atoms in total. The van der Waals surface area contributed by atoms with Crippen LogP contribution in [0, 0.1) is 10.1 Å². The van der Waals surface area contributed by atoms with Gasteiger partial charge in [0.05, 0.1) is 35.4 Å². The number of ether oxygens (including phenoxy) is 1. The molecular weight excluding hydrogens is 396 g/mol. The Morgan fingerprint density at radius 2 is 1.77 bits per heavy atom. The highest BCUT2D eigenvalue weighted by molar-refractivity contribution is 6.00. The third-order valence-corrected chi connectivity index (χ3v) is 6.01. The normalized spacial score (nSPS) is 18.0. The fourth-order valence-corrected chi connectivity index (χ4v) is 4.37. The molecule has 1 atom stereocenters. The molecule has 8 heteroatoms. The van der Waals surface area contributed by atoms with Crippen LogP contribution in [0.3, 0.4) is 0 Å². The molecule has 0 spiro atoms. The highest BCUT2D eigenvalue weighted by Gasteiger charge is 2.26. The number of benzene rings is 2. The molecule has 2 aromatic rings. The molecule has 1 N–H and O–H groups in total. The number of nitrogens with zero attached hydrogens (tertiary/aromatic N) is 3. The number of non-ortho nitro benzene ring substituents is 1. The van der Waals surface area contributed by atoms with E-state index in [1.807, 2.05) is 18.2 Å². The molecule has 31 heavy (non-hydrogen) atoms. The van der Waals surface area contributed by atoms with Gasteiger partial charge in [-0.3, -0.25) is 19.8 Å². The van der Waals surface area contributed by atoms with Gasteiger partial charge >= 0.3 is 0 Å². The zero-order valence-electron chi connectivity index (χ0n) is 17.5. The van der Waals surface area contributed by atoms with Gasteiger partial charge < -0.3 is 15.0 Å². The van der Waals surface area contributed by atoms with Crippen LogP contribution in [0.1, 0.15) is 34.8 Å². The van der Waals surface area contributed by atoms with Gasteiger partial charge in [0, 0.05) is 31.8 Å². The van der Waals surface area contributed by atoms with E-state index in [2.05, 4.69) is 27.2 Å². The van der Waals surface area contributed by atoms with Gasteiger partial charge in [0.25, 0.3) is 11.6 Å². The number of hydrogen-bond acceptors (Lipinski definition) is 6. The van der Waals surface area contributed by atoms with Gasteiger partial charge in [-0.05, 0) is 37.6 Å². The Morgan fingerprint density at radius 3 is 2.45 bits per heavy atom. The second-order valence-corrected chi connectivity index (χ2v) is 7.94. The lowest BCUT2D eigenvalue weighted by atomic mass is 10.0. The average molecular weight is 425 g/mol. The van der Waals surface area contributed by atoms with Crippen molar-refractivity contribution >= 4 is 17.3 Å². The van der Waals surface area contributed by atoms with Crippen molar-refractivity contribution in [2.75, 3.05) is 50.8 Å². The van der Waals surface area contributed by atoms with Gasteiger partial charge in [-0.1, -0.05) is 30.3 Å². The van der Waals surface area contributed by atoms with Crippen LogP contribution in [0.2, 0.25) is 0 Å². The summed E-state index contributed by atoms with van der Waals surface area (Å²) in [6.07, 6.45) is 2.31. The van der Waals surface area contributed by atoms with Crippen molar-refractivity contribution in [1.29, 1.82) is 0 Å². The molecule has 0 aliphatic carbocycles. The van der Waals surface area contributed by atoms with E-state index >= 15 is 0 Å². The summed E-state index contributed by atoms with van der Waals surface area (Å²) in [6, 6.07) is 14.8. The molecule has 2 aromatic carbocycles. The first-order valence-electron chi connectivity index (χ1n) is 10.8. The molecular formula is C23H28N4O4. The molecule has 0 aromatic heterocycles. The number of nitrogens with one attached hydrogen (secondary N) is 1. The number of likely N-dealkylation sites (tertiary alicyclic amines) is 1. The number of hydrogen-bond donors (Lipinski definition) is 1. The van der Waals surface area contributed by atoms with Crippen molar-refractivity contribution in [3.05, 3.63) is 69.8 Å². The first kappa shape index (κ1) is 21.3. The topological polar surface area (TPSA) is 88.0 Å². The number of carbonyl (C=O) groups is 1. The van der Waals surface area contributed by atoms with Gasteiger partial charge in [0.15, 0.2) is 0 Å². The highest BCUT2D eigenvalue weighted by Crippen LogP contribution is 2.28. The zero-order valence-corrected chi connectivity index (χ0v) is 17.5. The van der Waals surface area contributed by atoms with Crippen LogP contribution in [0.15, 0.2) is 48.5 Å². The Labute approximate surface area is 181 Å². The summed E-state index contributed by atoms with van der Waals surface area (Å²) in [4.78, 5) is 28.5. The molecule has 2 saturated heterocycles. The minimum Gasteiger partial charge on any atom is -0.378 e. The fourth-order valence-electron chi connectivity index (χ4n) is 4.37. The van der Waals surface area contributed by atoms with E-state index in [4.69, 9.17) is 4.74 Å². The molecule has 164 valence electrons. The first-order chi connectivity index (χ1) is 15.1. The Morgan fingerprint density at radius 1 is 1.06 bits per heavy atom. The largest absolute Gasteiger partial charge is 0.378 e. The molecule has 4 rings (SSSR count). The third-order valence-electron chi connectivity index (χ3n) is 6.01. The van der Waals surface area contributed by atoms with E-state index in [1.54, 1.807) is 6.07 Å². The van der Waals surface area contributed by atoms with Crippen LogP contribution in [-0.2, 0) is 4.74 Å². The Balaban J connectivity index is 1.56. The molecule has 1 amide bonds. The summed E-state index contributed by atoms with van der Waals surface area (Å²) in [7, 11) is 0. The van der Waals surface area contributed by atoms with Gasteiger partial charge in [0.1, 0.15) is 0 Å². The monoisotopic (exact) mass is 424 g/mol. The molecule has 2 heterocycles. The Hall–Kier alpha value is -2.97. The smallest absolute Gasteiger partial charge is 0.270 e. The minimum absolute atomic E-state index is 0.0817. The van der Waals surface area contributed by atoms with E-state index in [9.17, 15) is 14.9 Å². The summed E-state index contributed by atoms with van der Waals surface area (Å²) in [5.41, 5.74) is 2.13. The SMILES string of the molecule is O=C(NCC(c1ccccc1)N1CCCC1)c1cc([N+](=O)[O-])ccc1N1CCOCC1. The standard InChI is InChI=1S/C23H28N4O4/c28-23(24-17-22(25-10-4-5-11-25)18-6-2-1-3-7-18)20-16-19(27(29)30)8-9-21(20)26-12-14-31-15-13-26/h1-3,6-9,16,22H,4-5,10-15,17H2,(H,24,28). The fraction of sp³-hybridized carbons (Fsp3) is 0.435. The minimum atomic E-state index is -0.461. The van der Waals surface area contributed by atoms with Crippen molar-refractivity contribution in [2.45, 2.75) is 18.9 Å². The third kappa shape index (κ3) is 5.03. The zero-order chi connectivity index (χ0) is 21.6. The van der Waals surface area contributed by atoms with Crippen molar-refractivity contribution in [1.82, 2.24) is 10.2 Å². The van der Waals surface area contributed by atoms with Crippen molar-refractivity contribution < 1.29 is 14.5 Å². The number of nitro benzene ring substituents is 1. The molecule has 0 saturated carbocycles. The Kier molecular flexibility index (Phi) is 6.79. The maximum atomic E-state index is 13.2. The molecule has 2 aliphatic rings. The van der Waals surface area contributed by atoms with E-state index < -0.39 is 4.92 Å². The summed E-state index contributed by atoms with van der Waals surface area (Å²) >= 11 is 0. The van der Waals surface area contributed by atoms with Gasteiger partial charge in [-0.25, -0.2) is 0 Å². The van der Waals surface area contributed by atoms with Crippen molar-refractivity contribution in [3.63, 3.8) is 0 Å². The predicted octanol–water partition coefficient (Wildman–Crippen LogP) is 3.00. The number of amides is 1. The van der Waals surface area contributed by atoms with E-state index in [-0.39, 0.29) is 17.6 Å². The molecule has 0 bridgehead atoms. The van der Waals surface area contributed by atoms with Crippen LogP contribution in [-0.4, -0.2) is 61.7 Å². The number of nitro groups is 1. The van der Waals surface area contributed by atoms with Crippen LogP contribution >= 0.6 is 0 Å². The molecule has 2 fully saturated rings. The van der Waals surface area contributed by atoms with Crippen LogP contribution < -0.4 is 10.2 Å². The highest BCUT2D eigenvalue weighted by atomic mass is 16.6. The van der Waals surface area contributed by atoms with Crippen LogP contribution in [0.5, 0.6) is 0 Å². The molecule has 2 aliphatic heterocycles. The number of rotatable bonds is 7. The predicted molar refractivity (Wildman–Crippen MR) is 118 cm³/mol. The van der Waals surface area contributed by atoms with Gasteiger partial charge in [-0.15, -0.1) is 0 Å². The number of anilines is 1. The van der Waals surface area contributed by atoms with E-state index in [0.29, 0.717) is 44.1 Å². The summed E-state index contributed by atoms with van der Waals surface area (Å²) in [5.74, 6) is -0.287. The summed E-state index contributed by atoms with van der Waals surface area (Å²) < 4.78 is 5.41. The van der Waals surface area contributed by atoms with E-state index in [1.165, 1.54) is 12.1 Å². The maximum absolute atomic E-state index is 13.2. The van der Waals surface area contributed by atoms with Crippen LogP contribution in [0.25, 0.3) is 0 Å². The van der Waals surface area contributed by atoms with Gasteiger partial charge in [-0.2, -0.15) is 0 Å². The van der Waals surface area contributed by atoms with E-state index in [0.717, 1.165) is 31.5 Å². The average Bonchev–Trinajstić information content (AvgIpc) is 3.34. The summed E-state index contributed by atoms with van der Waals surface area (Å²) in [5, 5.41) is 14.4. The molecule has 1 unspecified atom stereocenters. The second kappa shape index (κ2) is 9.89. The van der Waals surface area contributed by atoms with Crippen molar-refractivity contribution in [2.24, 2.45) is 0 Å². The Bertz CT molecular complexity index is 909. The lowest BCUT2D eigenvalue weighted by Crippen LogP contribution is -2.39.